The summed E-state index contributed by atoms with van der Waals surface area (Å²) in [6, 6.07) is 18.9. The number of aryl methyl sites for hydroxylation is 3. The summed E-state index contributed by atoms with van der Waals surface area (Å²) in [6.45, 7) is 5.67. The number of sulfonamides is 1. The van der Waals surface area contributed by atoms with Gasteiger partial charge in [0.05, 0.1) is 7.11 Å². The molecule has 1 unspecified atom stereocenters. The van der Waals surface area contributed by atoms with E-state index >= 15 is 0 Å². The third-order valence-electron chi connectivity index (χ3n) is 5.14. The molecule has 0 radical (unpaired) electrons. The third kappa shape index (κ3) is 5.75. The van der Waals surface area contributed by atoms with Crippen molar-refractivity contribution < 1.29 is 17.9 Å². The molecule has 2 N–H and O–H groups in total. The molecule has 0 heterocycles. The molecule has 0 aliphatic carbocycles. The van der Waals surface area contributed by atoms with Gasteiger partial charge in [0, 0.05) is 5.69 Å². The molecule has 0 aliphatic rings. The smallest absolute Gasteiger partial charge is 0.245 e. The second kappa shape index (κ2) is 9.97. The van der Waals surface area contributed by atoms with Gasteiger partial charge in [0.2, 0.25) is 15.9 Å². The highest BCUT2D eigenvalue weighted by molar-refractivity contribution is 7.89. The first-order chi connectivity index (χ1) is 15.2. The summed E-state index contributed by atoms with van der Waals surface area (Å²) in [7, 11) is -2.62. The molecule has 0 saturated heterocycles. The van der Waals surface area contributed by atoms with Crippen LogP contribution < -0.4 is 14.8 Å². The van der Waals surface area contributed by atoms with Crippen molar-refractivity contribution in [2.24, 2.45) is 0 Å². The van der Waals surface area contributed by atoms with Gasteiger partial charge < -0.3 is 10.1 Å². The molecule has 3 aromatic carbocycles. The molecule has 0 fully saturated rings. The normalized spacial score (nSPS) is 12.2. The molecule has 0 aliphatic heterocycles. The highest BCUT2D eigenvalue weighted by Gasteiger charge is 2.28. The van der Waals surface area contributed by atoms with E-state index in [0.29, 0.717) is 5.69 Å². The molecule has 3 rings (SSSR count). The number of amides is 1. The van der Waals surface area contributed by atoms with E-state index in [1.165, 1.54) is 13.2 Å². The summed E-state index contributed by atoms with van der Waals surface area (Å²) >= 11 is 0. The Labute approximate surface area is 189 Å². The average molecular weight is 453 g/mol. The fourth-order valence-electron chi connectivity index (χ4n) is 3.46. The summed E-state index contributed by atoms with van der Waals surface area (Å²) < 4.78 is 34.4. The maximum atomic E-state index is 13.3. The molecule has 0 spiro atoms. The van der Waals surface area contributed by atoms with E-state index in [-0.39, 0.29) is 17.1 Å². The quantitative estimate of drug-likeness (QED) is 0.538. The molecule has 6 nitrogen and oxygen atoms in total. The summed E-state index contributed by atoms with van der Waals surface area (Å²) in [4.78, 5) is 13.2. The van der Waals surface area contributed by atoms with Gasteiger partial charge in [0.15, 0.2) is 0 Å². The molecule has 7 heteroatoms. The largest absolute Gasteiger partial charge is 0.495 e. The number of carbonyl (C=O) groups excluding carboxylic acids is 1. The summed E-state index contributed by atoms with van der Waals surface area (Å²) in [5.74, 6) is -0.215. The molecule has 32 heavy (non-hydrogen) atoms. The lowest BCUT2D eigenvalue weighted by atomic mass is 10.1. The molecule has 0 bridgehead atoms. The molecule has 0 aromatic heterocycles. The van der Waals surface area contributed by atoms with Gasteiger partial charge in [0.25, 0.3) is 0 Å². The molecular weight excluding hydrogens is 424 g/mol. The highest BCUT2D eigenvalue weighted by atomic mass is 32.2. The Morgan fingerprint density at radius 2 is 1.59 bits per heavy atom. The van der Waals surface area contributed by atoms with Crippen LogP contribution in [0, 0.1) is 20.8 Å². The molecule has 3 aromatic rings. The van der Waals surface area contributed by atoms with Gasteiger partial charge in [-0.05, 0) is 62.1 Å². The van der Waals surface area contributed by atoms with E-state index in [1.54, 1.807) is 19.1 Å². The van der Waals surface area contributed by atoms with Crippen molar-refractivity contribution in [2.75, 3.05) is 12.4 Å². The van der Waals surface area contributed by atoms with E-state index in [1.807, 2.05) is 62.4 Å². The fraction of sp³-hybridized carbons (Fsp3) is 0.240. The van der Waals surface area contributed by atoms with Crippen LogP contribution in [-0.2, 0) is 21.2 Å². The number of ether oxygens (including phenoxy) is 1. The van der Waals surface area contributed by atoms with Crippen LogP contribution in [0.2, 0.25) is 0 Å². The second-order valence-corrected chi connectivity index (χ2v) is 9.51. The minimum atomic E-state index is -4.03. The Kier molecular flexibility index (Phi) is 7.33. The maximum Gasteiger partial charge on any atom is 0.245 e. The minimum absolute atomic E-state index is 0.00243. The first kappa shape index (κ1) is 23.5. The maximum absolute atomic E-state index is 13.3. The van der Waals surface area contributed by atoms with E-state index in [2.05, 4.69) is 10.0 Å². The van der Waals surface area contributed by atoms with Gasteiger partial charge in [-0.3, -0.25) is 4.79 Å². The van der Waals surface area contributed by atoms with E-state index in [0.717, 1.165) is 22.3 Å². The number of carbonyl (C=O) groups is 1. The van der Waals surface area contributed by atoms with Crippen molar-refractivity contribution in [3.63, 3.8) is 0 Å². The summed E-state index contributed by atoms with van der Waals surface area (Å²) in [5.41, 5.74) is 4.23. The highest BCUT2D eigenvalue weighted by Crippen LogP contribution is 2.25. The summed E-state index contributed by atoms with van der Waals surface area (Å²) in [6.07, 6.45) is 0.199. The zero-order chi connectivity index (χ0) is 23.3. The van der Waals surface area contributed by atoms with Gasteiger partial charge in [-0.25, -0.2) is 8.42 Å². The van der Waals surface area contributed by atoms with Gasteiger partial charge in [-0.1, -0.05) is 54.1 Å². The third-order valence-corrected chi connectivity index (χ3v) is 6.64. The molecule has 168 valence electrons. The van der Waals surface area contributed by atoms with Crippen LogP contribution in [0.1, 0.15) is 22.3 Å². The van der Waals surface area contributed by atoms with Gasteiger partial charge >= 0.3 is 0 Å². The van der Waals surface area contributed by atoms with Crippen LogP contribution in [-0.4, -0.2) is 27.5 Å². The van der Waals surface area contributed by atoms with Gasteiger partial charge in [0.1, 0.15) is 16.7 Å². The van der Waals surface area contributed by atoms with Crippen molar-refractivity contribution in [2.45, 2.75) is 38.1 Å². The minimum Gasteiger partial charge on any atom is -0.495 e. The fourth-order valence-corrected chi connectivity index (χ4v) is 4.91. The van der Waals surface area contributed by atoms with Crippen molar-refractivity contribution in [1.29, 1.82) is 0 Å². The lowest BCUT2D eigenvalue weighted by molar-refractivity contribution is -0.117. The second-order valence-electron chi connectivity index (χ2n) is 7.83. The van der Waals surface area contributed by atoms with Crippen LogP contribution in [0.3, 0.4) is 0 Å². The number of benzene rings is 3. The van der Waals surface area contributed by atoms with Crippen molar-refractivity contribution in [3.05, 3.63) is 89.0 Å². The molecule has 1 atom stereocenters. The first-order valence-electron chi connectivity index (χ1n) is 10.3. The van der Waals surface area contributed by atoms with Gasteiger partial charge in [-0.15, -0.1) is 0 Å². The number of rotatable bonds is 8. The first-order valence-corrected chi connectivity index (χ1v) is 11.8. The summed E-state index contributed by atoms with van der Waals surface area (Å²) in [5, 5.41) is 2.87. The standard InChI is InChI=1S/C25H28N2O4S/c1-17-10-12-21(19(3)14-17)26-25(28)22(16-20-8-6-5-7-9-20)27-32(29,30)24-15-18(2)11-13-23(24)31-4/h5-15,22,27H,16H2,1-4H3,(H,26,28). The Bertz CT molecular complexity index is 1210. The zero-order valence-corrected chi connectivity index (χ0v) is 19.5. The van der Waals surface area contributed by atoms with E-state index in [9.17, 15) is 13.2 Å². The predicted octanol–water partition coefficient (Wildman–Crippen LogP) is 4.15. The van der Waals surface area contributed by atoms with Crippen LogP contribution in [0.25, 0.3) is 0 Å². The number of anilines is 1. The van der Waals surface area contributed by atoms with Crippen molar-refractivity contribution in [1.82, 2.24) is 4.72 Å². The van der Waals surface area contributed by atoms with Crippen LogP contribution in [0.4, 0.5) is 5.69 Å². The SMILES string of the molecule is COc1ccc(C)cc1S(=O)(=O)NC(Cc1ccccc1)C(=O)Nc1ccc(C)cc1C. The van der Waals surface area contributed by atoms with Crippen LogP contribution >= 0.6 is 0 Å². The lowest BCUT2D eigenvalue weighted by Gasteiger charge is -2.20. The number of nitrogens with one attached hydrogen (secondary N) is 2. The Hall–Kier alpha value is -3.16. The van der Waals surface area contributed by atoms with Crippen molar-refractivity contribution in [3.8, 4) is 5.75 Å². The number of methoxy groups -OCH3 is 1. The number of hydrogen-bond acceptors (Lipinski definition) is 4. The lowest BCUT2D eigenvalue weighted by Crippen LogP contribution is -2.45. The zero-order valence-electron chi connectivity index (χ0n) is 18.7. The number of hydrogen-bond donors (Lipinski definition) is 2. The van der Waals surface area contributed by atoms with Gasteiger partial charge in [-0.2, -0.15) is 4.72 Å². The van der Waals surface area contributed by atoms with Crippen LogP contribution in [0.15, 0.2) is 71.6 Å². The molecule has 1 amide bonds. The molecular formula is C25H28N2O4S. The Morgan fingerprint density at radius 1 is 0.938 bits per heavy atom. The van der Waals surface area contributed by atoms with E-state index in [4.69, 9.17) is 4.74 Å². The van der Waals surface area contributed by atoms with E-state index < -0.39 is 22.0 Å². The average Bonchev–Trinajstić information content (AvgIpc) is 2.75. The molecule has 0 saturated carbocycles. The monoisotopic (exact) mass is 452 g/mol. The Balaban J connectivity index is 1.93. The topological polar surface area (TPSA) is 84.5 Å². The van der Waals surface area contributed by atoms with Crippen molar-refractivity contribution >= 4 is 21.6 Å². The predicted molar refractivity (Wildman–Crippen MR) is 127 cm³/mol. The van der Waals surface area contributed by atoms with Crippen LogP contribution in [0.5, 0.6) is 5.75 Å². The Morgan fingerprint density at radius 3 is 2.25 bits per heavy atom.